The van der Waals surface area contributed by atoms with Gasteiger partial charge in [-0.25, -0.2) is 4.79 Å². The molecule has 1 aliphatic rings. The number of halogens is 1. The molecular weight excluding hydrogens is 500 g/mol. The highest BCUT2D eigenvalue weighted by molar-refractivity contribution is 9.10. The molecule has 0 radical (unpaired) electrons. The Hall–Kier alpha value is -3.65. The number of fused-ring (bicyclic) bond motifs is 3. The van der Waals surface area contributed by atoms with Crippen molar-refractivity contribution in [2.75, 3.05) is 11.9 Å². The Bertz CT molecular complexity index is 1210. The fourth-order valence-corrected chi connectivity index (χ4v) is 4.70. The Balaban J connectivity index is 1.43. The number of nitrogens with one attached hydrogen (secondary N) is 2. The van der Waals surface area contributed by atoms with Crippen LogP contribution < -0.4 is 10.6 Å². The number of aliphatic carboxylic acids is 1. The van der Waals surface area contributed by atoms with Gasteiger partial charge in [-0.15, -0.1) is 0 Å². The van der Waals surface area contributed by atoms with E-state index in [1.54, 1.807) is 6.07 Å². The maximum absolute atomic E-state index is 12.7. The molecule has 34 heavy (non-hydrogen) atoms. The van der Waals surface area contributed by atoms with E-state index in [2.05, 4.69) is 26.6 Å². The zero-order chi connectivity index (χ0) is 24.2. The molecular formula is C26H23BrN2O5. The smallest absolute Gasteiger partial charge is 0.407 e. The maximum Gasteiger partial charge on any atom is 0.407 e. The lowest BCUT2D eigenvalue weighted by atomic mass is 9.98. The van der Waals surface area contributed by atoms with Gasteiger partial charge in [-0.1, -0.05) is 54.6 Å². The van der Waals surface area contributed by atoms with E-state index in [-0.39, 0.29) is 12.5 Å². The summed E-state index contributed by atoms with van der Waals surface area (Å²) in [6.45, 7) is 1.97. The van der Waals surface area contributed by atoms with Crippen LogP contribution in [-0.4, -0.2) is 35.7 Å². The number of carbonyl (C=O) groups is 3. The molecule has 2 amide bonds. The molecule has 1 unspecified atom stereocenters. The van der Waals surface area contributed by atoms with Crippen LogP contribution in [0.15, 0.2) is 71.2 Å². The summed E-state index contributed by atoms with van der Waals surface area (Å²) in [7, 11) is 0. The molecule has 3 N–H and O–H groups in total. The molecule has 4 rings (SSSR count). The summed E-state index contributed by atoms with van der Waals surface area (Å²) < 4.78 is 6.11. The van der Waals surface area contributed by atoms with E-state index in [0.29, 0.717) is 10.2 Å². The van der Waals surface area contributed by atoms with E-state index in [0.717, 1.165) is 27.8 Å². The lowest BCUT2D eigenvalue weighted by molar-refractivity contribution is -0.139. The van der Waals surface area contributed by atoms with Crippen LogP contribution in [0.1, 0.15) is 29.0 Å². The molecule has 8 heteroatoms. The minimum Gasteiger partial charge on any atom is -0.481 e. The van der Waals surface area contributed by atoms with Crippen LogP contribution in [0, 0.1) is 6.92 Å². The number of carboxylic acid groups (broad SMARTS) is 1. The molecule has 3 aromatic carbocycles. The summed E-state index contributed by atoms with van der Waals surface area (Å²) in [6, 6.07) is 19.9. The number of benzene rings is 3. The Kier molecular flexibility index (Phi) is 6.98. The van der Waals surface area contributed by atoms with Gasteiger partial charge in [0.1, 0.15) is 12.6 Å². The quantitative estimate of drug-likeness (QED) is 0.401. The molecule has 7 nitrogen and oxygen atoms in total. The van der Waals surface area contributed by atoms with Gasteiger partial charge in [-0.05, 0) is 62.8 Å². The second-order valence-corrected chi connectivity index (χ2v) is 8.95. The predicted octanol–water partition coefficient (Wildman–Crippen LogP) is 5.08. The van der Waals surface area contributed by atoms with E-state index in [4.69, 9.17) is 4.74 Å². The highest BCUT2D eigenvalue weighted by Crippen LogP contribution is 2.44. The van der Waals surface area contributed by atoms with Gasteiger partial charge >= 0.3 is 12.1 Å². The first-order valence-electron chi connectivity index (χ1n) is 10.7. The van der Waals surface area contributed by atoms with Gasteiger partial charge in [-0.3, -0.25) is 9.59 Å². The lowest BCUT2D eigenvalue weighted by Gasteiger charge is -2.19. The van der Waals surface area contributed by atoms with Gasteiger partial charge in [0.15, 0.2) is 0 Å². The molecule has 0 heterocycles. The molecule has 0 spiro atoms. The molecule has 0 aromatic heterocycles. The monoisotopic (exact) mass is 522 g/mol. The fraction of sp³-hybridized carbons (Fsp3) is 0.192. The third-order valence-corrected chi connectivity index (χ3v) is 6.37. The van der Waals surface area contributed by atoms with Crippen molar-refractivity contribution in [1.82, 2.24) is 5.32 Å². The molecule has 1 atom stereocenters. The average Bonchev–Trinajstić information content (AvgIpc) is 3.12. The Morgan fingerprint density at radius 1 is 1.00 bits per heavy atom. The minimum atomic E-state index is -1.30. The molecule has 174 valence electrons. The number of aryl methyl sites for hydroxylation is 1. The van der Waals surface area contributed by atoms with Gasteiger partial charge in [0, 0.05) is 10.4 Å². The van der Waals surface area contributed by atoms with Crippen molar-refractivity contribution in [2.45, 2.75) is 25.3 Å². The van der Waals surface area contributed by atoms with Crippen LogP contribution in [0.4, 0.5) is 10.5 Å². The number of carboxylic acids is 1. The number of rotatable bonds is 7. The number of ether oxygens (including phenoxy) is 1. The summed E-state index contributed by atoms with van der Waals surface area (Å²) in [6.07, 6.45) is -1.44. The van der Waals surface area contributed by atoms with Gasteiger partial charge < -0.3 is 20.5 Å². The zero-order valence-electron chi connectivity index (χ0n) is 18.4. The highest BCUT2D eigenvalue weighted by atomic mass is 79.9. The SMILES string of the molecule is Cc1ccc(NC(=O)C(CC(=O)O)NC(=O)OCC2c3ccccc3-c3ccccc32)c(Br)c1. The Morgan fingerprint density at radius 3 is 2.21 bits per heavy atom. The normalized spacial score (nSPS) is 12.9. The molecule has 0 saturated heterocycles. The maximum atomic E-state index is 12.7. The van der Waals surface area contributed by atoms with Crippen molar-refractivity contribution in [3.05, 3.63) is 87.9 Å². The number of amides is 2. The average molecular weight is 523 g/mol. The van der Waals surface area contributed by atoms with E-state index < -0.39 is 30.4 Å². The highest BCUT2D eigenvalue weighted by Gasteiger charge is 2.30. The molecule has 0 bridgehead atoms. The van der Waals surface area contributed by atoms with E-state index in [1.165, 1.54) is 0 Å². The van der Waals surface area contributed by atoms with Crippen molar-refractivity contribution in [2.24, 2.45) is 0 Å². The van der Waals surface area contributed by atoms with E-state index in [9.17, 15) is 19.5 Å². The second-order valence-electron chi connectivity index (χ2n) is 8.09. The fourth-order valence-electron chi connectivity index (χ4n) is 4.11. The van der Waals surface area contributed by atoms with Gasteiger partial charge in [-0.2, -0.15) is 0 Å². The first-order chi connectivity index (χ1) is 16.3. The topological polar surface area (TPSA) is 105 Å². The van der Waals surface area contributed by atoms with Gasteiger partial charge in [0.2, 0.25) is 5.91 Å². The summed E-state index contributed by atoms with van der Waals surface area (Å²) in [5.74, 6) is -2.02. The molecule has 0 saturated carbocycles. The minimum absolute atomic E-state index is 0.0603. The lowest BCUT2D eigenvalue weighted by Crippen LogP contribution is -2.45. The third kappa shape index (κ3) is 5.12. The Labute approximate surface area is 205 Å². The number of carbonyl (C=O) groups excluding carboxylic acids is 2. The van der Waals surface area contributed by atoms with Crippen molar-refractivity contribution >= 4 is 39.6 Å². The Morgan fingerprint density at radius 2 is 1.62 bits per heavy atom. The standard InChI is InChI=1S/C26H23BrN2O5/c1-15-10-11-22(21(27)12-15)28-25(32)23(13-24(30)31)29-26(33)34-14-20-18-8-4-2-6-16(18)17-7-3-5-9-19(17)20/h2-12,20,23H,13-14H2,1H3,(H,28,32)(H,29,33)(H,30,31). The molecule has 1 aliphatic carbocycles. The van der Waals surface area contributed by atoms with Crippen LogP contribution in [-0.2, 0) is 14.3 Å². The third-order valence-electron chi connectivity index (χ3n) is 5.71. The first-order valence-corrected chi connectivity index (χ1v) is 11.5. The van der Waals surface area contributed by atoms with E-state index in [1.807, 2.05) is 67.6 Å². The predicted molar refractivity (Wildman–Crippen MR) is 132 cm³/mol. The molecule has 3 aromatic rings. The van der Waals surface area contributed by atoms with Crippen LogP contribution in [0.5, 0.6) is 0 Å². The summed E-state index contributed by atoms with van der Waals surface area (Å²) >= 11 is 3.37. The second kappa shape index (κ2) is 10.1. The summed E-state index contributed by atoms with van der Waals surface area (Å²) in [5, 5.41) is 14.3. The molecule has 0 fully saturated rings. The van der Waals surface area contributed by atoms with Gasteiger partial charge in [0.25, 0.3) is 0 Å². The van der Waals surface area contributed by atoms with Crippen molar-refractivity contribution in [1.29, 1.82) is 0 Å². The van der Waals surface area contributed by atoms with Crippen LogP contribution in [0.2, 0.25) is 0 Å². The van der Waals surface area contributed by atoms with Crippen molar-refractivity contribution in [3.8, 4) is 11.1 Å². The summed E-state index contributed by atoms with van der Waals surface area (Å²) in [5.41, 5.74) is 5.77. The zero-order valence-corrected chi connectivity index (χ0v) is 20.0. The first kappa shape index (κ1) is 23.5. The summed E-state index contributed by atoms with van der Waals surface area (Å²) in [4.78, 5) is 36.6. The number of hydrogen-bond donors (Lipinski definition) is 3. The van der Waals surface area contributed by atoms with Crippen LogP contribution >= 0.6 is 15.9 Å². The number of hydrogen-bond acceptors (Lipinski definition) is 4. The molecule has 0 aliphatic heterocycles. The van der Waals surface area contributed by atoms with Gasteiger partial charge in [0.05, 0.1) is 12.1 Å². The number of anilines is 1. The van der Waals surface area contributed by atoms with Crippen LogP contribution in [0.3, 0.4) is 0 Å². The largest absolute Gasteiger partial charge is 0.481 e. The van der Waals surface area contributed by atoms with Crippen molar-refractivity contribution < 1.29 is 24.2 Å². The van der Waals surface area contributed by atoms with Crippen molar-refractivity contribution in [3.63, 3.8) is 0 Å². The van der Waals surface area contributed by atoms with E-state index >= 15 is 0 Å². The van der Waals surface area contributed by atoms with Crippen LogP contribution in [0.25, 0.3) is 11.1 Å². The number of alkyl carbamates (subject to hydrolysis) is 1.